The molecule has 9 nitrogen and oxygen atoms in total. The number of hydrogen-bond acceptors (Lipinski definition) is 7. The Morgan fingerprint density at radius 1 is 1.32 bits per heavy atom. The third-order valence-electron chi connectivity index (χ3n) is 5.16. The third kappa shape index (κ3) is 3.94. The lowest BCUT2D eigenvalue weighted by molar-refractivity contribution is -0.143. The van der Waals surface area contributed by atoms with Crippen molar-refractivity contribution >= 4 is 18.6 Å². The fourth-order valence-corrected chi connectivity index (χ4v) is 3.27. The maximum absolute atomic E-state index is 12.4. The van der Waals surface area contributed by atoms with Crippen molar-refractivity contribution in [2.75, 3.05) is 13.1 Å². The minimum Gasteiger partial charge on any atom is -0.669 e. The summed E-state index contributed by atoms with van der Waals surface area (Å²) in [5, 5.41) is 29.2. The highest BCUT2D eigenvalue weighted by Gasteiger charge is 2.39. The van der Waals surface area contributed by atoms with Crippen molar-refractivity contribution in [1.82, 2.24) is 4.90 Å². The largest absolute Gasteiger partial charge is 0.669 e. The number of carboxylic acid groups (broad SMARTS) is 1. The Bertz CT molecular complexity index is 800. The number of nitrogens with two attached hydrogens (primary N) is 1. The predicted octanol–water partition coefficient (Wildman–Crippen LogP) is 0.206. The number of carbonyl (C=O) groups is 2. The van der Waals surface area contributed by atoms with Gasteiger partial charge in [0.15, 0.2) is 0 Å². The summed E-state index contributed by atoms with van der Waals surface area (Å²) >= 11 is 0. The fourth-order valence-electron chi connectivity index (χ4n) is 3.27. The summed E-state index contributed by atoms with van der Waals surface area (Å²) in [6.45, 7) is 3.17. The van der Waals surface area contributed by atoms with Gasteiger partial charge in [-0.2, -0.15) is 0 Å². The van der Waals surface area contributed by atoms with Crippen LogP contribution in [-0.2, 0) is 11.2 Å². The summed E-state index contributed by atoms with van der Waals surface area (Å²) in [6, 6.07) is 2.55. The molecular formula is C18H26BN2O7-. The molecule has 5 N–H and O–H groups in total. The third-order valence-corrected chi connectivity index (χ3v) is 5.16. The molecule has 1 atom stereocenters. The molecule has 0 aromatic heterocycles. The van der Waals surface area contributed by atoms with E-state index in [1.54, 1.807) is 11.0 Å². The van der Waals surface area contributed by atoms with E-state index in [9.17, 15) is 24.7 Å². The van der Waals surface area contributed by atoms with Gasteiger partial charge in [-0.05, 0) is 23.5 Å². The number of ether oxygens (including phenoxy) is 1. The SMILES string of the molecule is CC(C)(C)[C@@H](N)C(=O)N1CC(Oc2ccc3c(c2C(=O)O)O[B-](O)(O)CC3)C1. The van der Waals surface area contributed by atoms with Crippen molar-refractivity contribution in [3.8, 4) is 11.5 Å². The van der Waals surface area contributed by atoms with Crippen LogP contribution in [0.25, 0.3) is 0 Å². The second-order valence-corrected chi connectivity index (χ2v) is 8.57. The minimum atomic E-state index is -3.09. The van der Waals surface area contributed by atoms with E-state index < -0.39 is 18.8 Å². The second-order valence-electron chi connectivity index (χ2n) is 8.57. The maximum atomic E-state index is 12.4. The molecule has 1 fully saturated rings. The van der Waals surface area contributed by atoms with E-state index in [2.05, 4.69) is 0 Å². The van der Waals surface area contributed by atoms with Gasteiger partial charge in [0.1, 0.15) is 17.4 Å². The van der Waals surface area contributed by atoms with Crippen LogP contribution >= 0.6 is 0 Å². The van der Waals surface area contributed by atoms with Crippen molar-refractivity contribution in [1.29, 1.82) is 0 Å². The lowest BCUT2D eigenvalue weighted by Gasteiger charge is -2.42. The topological polar surface area (TPSA) is 143 Å². The molecule has 1 saturated heterocycles. The van der Waals surface area contributed by atoms with Crippen molar-refractivity contribution in [2.24, 2.45) is 11.1 Å². The lowest BCUT2D eigenvalue weighted by atomic mass is 9.70. The average Bonchev–Trinajstić information content (AvgIpc) is 2.53. The summed E-state index contributed by atoms with van der Waals surface area (Å²) < 4.78 is 10.9. The zero-order valence-electron chi connectivity index (χ0n) is 16.2. The fraction of sp³-hybridized carbons (Fsp3) is 0.556. The van der Waals surface area contributed by atoms with Gasteiger partial charge in [-0.3, -0.25) is 4.79 Å². The number of carboxylic acids is 1. The lowest BCUT2D eigenvalue weighted by Crippen LogP contribution is -2.61. The Morgan fingerprint density at radius 2 is 1.96 bits per heavy atom. The van der Waals surface area contributed by atoms with Gasteiger partial charge in [0.25, 0.3) is 0 Å². The van der Waals surface area contributed by atoms with Crippen LogP contribution in [0.4, 0.5) is 0 Å². The van der Waals surface area contributed by atoms with Crippen LogP contribution in [0.2, 0.25) is 6.32 Å². The number of likely N-dealkylation sites (tertiary alicyclic amines) is 1. The van der Waals surface area contributed by atoms with Crippen molar-refractivity contribution < 1.29 is 34.1 Å². The molecule has 0 unspecified atom stereocenters. The molecule has 0 aliphatic carbocycles. The summed E-state index contributed by atoms with van der Waals surface area (Å²) in [6.07, 6.45) is -0.0892. The van der Waals surface area contributed by atoms with Crippen LogP contribution < -0.4 is 15.1 Å². The van der Waals surface area contributed by atoms with Crippen molar-refractivity contribution in [3.05, 3.63) is 23.3 Å². The van der Waals surface area contributed by atoms with E-state index in [-0.39, 0.29) is 40.8 Å². The Hall–Kier alpha value is -2.30. The molecule has 2 aliphatic rings. The van der Waals surface area contributed by atoms with Crippen LogP contribution in [-0.4, -0.2) is 63.9 Å². The Kier molecular flexibility index (Phi) is 5.07. The highest BCUT2D eigenvalue weighted by molar-refractivity contribution is 6.59. The molecule has 1 amide bonds. The van der Waals surface area contributed by atoms with Gasteiger partial charge in [0.2, 0.25) is 5.91 Å². The minimum absolute atomic E-state index is 0.00000824. The summed E-state index contributed by atoms with van der Waals surface area (Å²) in [5.41, 5.74) is 5.96. The van der Waals surface area contributed by atoms with E-state index in [0.717, 1.165) is 0 Å². The average molecular weight is 393 g/mol. The normalized spacial score (nSPS) is 19.9. The maximum Gasteiger partial charge on any atom is 0.430 e. The van der Waals surface area contributed by atoms with Gasteiger partial charge in [-0.1, -0.05) is 33.2 Å². The monoisotopic (exact) mass is 393 g/mol. The first-order valence-electron chi connectivity index (χ1n) is 9.28. The zero-order valence-corrected chi connectivity index (χ0v) is 16.2. The first kappa shape index (κ1) is 20.4. The number of fused-ring (bicyclic) bond motifs is 1. The first-order valence-corrected chi connectivity index (χ1v) is 9.28. The number of amides is 1. The molecule has 0 saturated carbocycles. The van der Waals surface area contributed by atoms with Crippen LogP contribution in [0.1, 0.15) is 36.7 Å². The second kappa shape index (κ2) is 6.95. The molecule has 154 valence electrons. The number of hydrogen-bond donors (Lipinski definition) is 4. The van der Waals surface area contributed by atoms with Gasteiger partial charge in [0, 0.05) is 0 Å². The number of rotatable bonds is 4. The number of aromatic carboxylic acids is 1. The molecule has 0 radical (unpaired) electrons. The molecule has 0 spiro atoms. The highest BCUT2D eigenvalue weighted by Crippen LogP contribution is 2.39. The molecular weight excluding hydrogens is 367 g/mol. The number of benzene rings is 1. The summed E-state index contributed by atoms with van der Waals surface area (Å²) in [4.78, 5) is 25.7. The van der Waals surface area contributed by atoms with Gasteiger partial charge in [-0.15, -0.1) is 0 Å². The molecule has 1 aromatic carbocycles. The molecule has 28 heavy (non-hydrogen) atoms. The Balaban J connectivity index is 1.73. The smallest absolute Gasteiger partial charge is 0.430 e. The quantitative estimate of drug-likeness (QED) is 0.532. The molecule has 10 heteroatoms. The van der Waals surface area contributed by atoms with E-state index in [1.165, 1.54) is 6.07 Å². The van der Waals surface area contributed by atoms with E-state index >= 15 is 0 Å². The predicted molar refractivity (Wildman–Crippen MR) is 101 cm³/mol. The van der Waals surface area contributed by atoms with E-state index in [1.807, 2.05) is 20.8 Å². The molecule has 1 aromatic rings. The summed E-state index contributed by atoms with van der Waals surface area (Å²) in [5.74, 6) is -1.48. The van der Waals surface area contributed by atoms with Crippen LogP contribution in [0.5, 0.6) is 11.5 Å². The number of aryl methyl sites for hydroxylation is 1. The number of carbonyl (C=O) groups excluding carboxylic acids is 1. The van der Waals surface area contributed by atoms with Crippen LogP contribution in [0, 0.1) is 5.41 Å². The van der Waals surface area contributed by atoms with Gasteiger partial charge in [0.05, 0.1) is 24.9 Å². The van der Waals surface area contributed by atoms with E-state index in [4.69, 9.17) is 15.1 Å². The Labute approximate surface area is 163 Å². The highest BCUT2D eigenvalue weighted by atomic mass is 16.6. The van der Waals surface area contributed by atoms with Crippen molar-refractivity contribution in [2.45, 2.75) is 45.7 Å². The van der Waals surface area contributed by atoms with Crippen LogP contribution in [0.3, 0.4) is 0 Å². The zero-order chi connectivity index (χ0) is 20.9. The molecule has 2 aliphatic heterocycles. The van der Waals surface area contributed by atoms with E-state index in [0.29, 0.717) is 25.1 Å². The van der Waals surface area contributed by atoms with Gasteiger partial charge in [-0.25, -0.2) is 4.79 Å². The van der Waals surface area contributed by atoms with Gasteiger partial charge >= 0.3 is 12.7 Å². The van der Waals surface area contributed by atoms with Crippen LogP contribution in [0.15, 0.2) is 12.1 Å². The molecule has 2 heterocycles. The molecule has 3 rings (SSSR count). The molecule has 0 bridgehead atoms. The number of nitrogens with zero attached hydrogens (tertiary/aromatic N) is 1. The van der Waals surface area contributed by atoms with Gasteiger partial charge < -0.3 is 35.2 Å². The standard InChI is InChI=1S/C18H26BN2O7/c1-18(2,3)15(20)16(22)21-8-11(9-21)27-12-5-4-10-6-7-19(25,26)28-14(10)13(12)17(23)24/h4-5,11,15,25-26H,6-9,20H2,1-3H3,(H,23,24)/q-1/t15-/m0/s1. The Morgan fingerprint density at radius 3 is 2.54 bits per heavy atom. The van der Waals surface area contributed by atoms with Crippen molar-refractivity contribution in [3.63, 3.8) is 0 Å². The first-order chi connectivity index (χ1) is 12.9. The summed E-state index contributed by atoms with van der Waals surface area (Å²) in [7, 11) is 0.